The maximum atomic E-state index is 13.1. The van der Waals surface area contributed by atoms with Crippen LogP contribution in [0.15, 0.2) is 36.5 Å². The lowest BCUT2D eigenvalue weighted by Gasteiger charge is -2.47. The molecule has 2 aliphatic rings. The quantitative estimate of drug-likeness (QED) is 0.666. The number of piperidine rings is 1. The molecule has 0 saturated carbocycles. The molecule has 0 radical (unpaired) electrons. The maximum absolute atomic E-state index is 13.1. The fourth-order valence-electron chi connectivity index (χ4n) is 5.55. The zero-order valence-corrected chi connectivity index (χ0v) is 20.3. The van der Waals surface area contributed by atoms with E-state index in [1.807, 2.05) is 36.3 Å². The van der Waals surface area contributed by atoms with Gasteiger partial charge in [-0.25, -0.2) is 9.97 Å². The molecule has 0 bridgehead atoms. The molecule has 1 aliphatic carbocycles. The molecule has 1 saturated heterocycles. The number of likely N-dealkylation sites (N-methyl/N-ethyl adjacent to an activating group) is 2. The van der Waals surface area contributed by atoms with Gasteiger partial charge in [-0.15, -0.1) is 0 Å². The highest BCUT2D eigenvalue weighted by Crippen LogP contribution is 2.37. The number of hydrogen-bond donors (Lipinski definition) is 1. The van der Waals surface area contributed by atoms with Crippen molar-refractivity contribution in [1.82, 2.24) is 19.8 Å². The normalized spacial score (nSPS) is 22.3. The standard InChI is InChI=1S/C26H38N6O/c1-4-10-32-18-19(13-20-15-23-21(16-24(20)32)17-28-26(27)29-23)14-25(33)31(3)12-11-30(2)22-8-6-5-7-9-22/h5-9,17,19-20,24H,4,10-16,18H2,1-3H3,(H2,27,28,29)/t19-,20-,24-/m1/s1. The van der Waals surface area contributed by atoms with Gasteiger partial charge in [-0.3, -0.25) is 9.69 Å². The minimum atomic E-state index is 0.249. The number of benzene rings is 1. The van der Waals surface area contributed by atoms with E-state index in [4.69, 9.17) is 5.73 Å². The predicted molar refractivity (Wildman–Crippen MR) is 133 cm³/mol. The molecule has 1 aliphatic heterocycles. The van der Waals surface area contributed by atoms with Crippen LogP contribution in [-0.2, 0) is 17.6 Å². The second kappa shape index (κ2) is 10.5. The van der Waals surface area contributed by atoms with Gasteiger partial charge in [0.1, 0.15) is 0 Å². The first-order valence-electron chi connectivity index (χ1n) is 12.3. The third-order valence-electron chi connectivity index (χ3n) is 7.37. The second-order valence-electron chi connectivity index (χ2n) is 9.81. The first kappa shape index (κ1) is 23.5. The average molecular weight is 451 g/mol. The molecular formula is C26H38N6O. The summed E-state index contributed by atoms with van der Waals surface area (Å²) < 4.78 is 0. The highest BCUT2D eigenvalue weighted by atomic mass is 16.2. The summed E-state index contributed by atoms with van der Waals surface area (Å²) in [6.45, 7) is 5.87. The largest absolute Gasteiger partial charge is 0.373 e. The van der Waals surface area contributed by atoms with Crippen LogP contribution in [0.5, 0.6) is 0 Å². The molecule has 1 amide bonds. The zero-order valence-electron chi connectivity index (χ0n) is 20.3. The molecule has 2 heterocycles. The van der Waals surface area contributed by atoms with Crippen LogP contribution in [-0.4, -0.2) is 72.0 Å². The minimum Gasteiger partial charge on any atom is -0.373 e. The number of aromatic nitrogens is 2. The monoisotopic (exact) mass is 450 g/mol. The molecule has 2 N–H and O–H groups in total. The predicted octanol–water partition coefficient (Wildman–Crippen LogP) is 2.86. The van der Waals surface area contributed by atoms with E-state index >= 15 is 0 Å². The second-order valence-corrected chi connectivity index (χ2v) is 9.81. The Hall–Kier alpha value is -2.67. The van der Waals surface area contributed by atoms with Crippen LogP contribution < -0.4 is 10.6 Å². The average Bonchev–Trinajstić information content (AvgIpc) is 2.81. The number of carbonyl (C=O) groups excluding carboxylic acids is 1. The number of fused-ring (bicyclic) bond motifs is 2. The van der Waals surface area contributed by atoms with E-state index in [9.17, 15) is 4.79 Å². The van der Waals surface area contributed by atoms with Crippen molar-refractivity contribution in [3.05, 3.63) is 47.8 Å². The van der Waals surface area contributed by atoms with Crippen LogP contribution in [0.2, 0.25) is 0 Å². The summed E-state index contributed by atoms with van der Waals surface area (Å²) >= 11 is 0. The molecule has 4 rings (SSSR count). The minimum absolute atomic E-state index is 0.249. The molecule has 1 fully saturated rings. The number of para-hydroxylation sites is 1. The molecule has 178 valence electrons. The zero-order chi connectivity index (χ0) is 23.4. The number of anilines is 2. The van der Waals surface area contributed by atoms with E-state index < -0.39 is 0 Å². The number of amides is 1. The van der Waals surface area contributed by atoms with E-state index in [-0.39, 0.29) is 5.91 Å². The van der Waals surface area contributed by atoms with Gasteiger partial charge in [0.25, 0.3) is 0 Å². The summed E-state index contributed by atoms with van der Waals surface area (Å²) in [6.07, 6.45) is 6.67. The van der Waals surface area contributed by atoms with Crippen LogP contribution in [0.4, 0.5) is 11.6 Å². The summed E-state index contributed by atoms with van der Waals surface area (Å²) in [5, 5.41) is 0. The van der Waals surface area contributed by atoms with E-state index in [0.29, 0.717) is 30.2 Å². The SMILES string of the molecule is CCCN1C[C@@H](CC(=O)N(C)CCN(C)c2ccccc2)C[C@@H]2Cc3nc(N)ncc3C[C@H]21. The van der Waals surface area contributed by atoms with Gasteiger partial charge in [-0.2, -0.15) is 0 Å². The summed E-state index contributed by atoms with van der Waals surface area (Å²) in [7, 11) is 4.02. The van der Waals surface area contributed by atoms with Gasteiger partial charge in [-0.05, 0) is 61.8 Å². The van der Waals surface area contributed by atoms with Gasteiger partial charge >= 0.3 is 0 Å². The summed E-state index contributed by atoms with van der Waals surface area (Å²) in [6, 6.07) is 10.8. The van der Waals surface area contributed by atoms with Crippen molar-refractivity contribution in [3.63, 3.8) is 0 Å². The molecule has 3 atom stereocenters. The number of nitrogens with two attached hydrogens (primary N) is 1. The van der Waals surface area contributed by atoms with Crippen molar-refractivity contribution < 1.29 is 4.79 Å². The molecule has 1 aromatic carbocycles. The van der Waals surface area contributed by atoms with Gasteiger partial charge < -0.3 is 15.5 Å². The smallest absolute Gasteiger partial charge is 0.222 e. The Bertz CT molecular complexity index is 936. The highest BCUT2D eigenvalue weighted by molar-refractivity contribution is 5.76. The molecule has 0 unspecified atom stereocenters. The van der Waals surface area contributed by atoms with Crippen LogP contribution in [0.1, 0.15) is 37.4 Å². The third kappa shape index (κ3) is 5.64. The van der Waals surface area contributed by atoms with Gasteiger partial charge in [0.2, 0.25) is 11.9 Å². The van der Waals surface area contributed by atoms with Crippen LogP contribution in [0, 0.1) is 11.8 Å². The van der Waals surface area contributed by atoms with Crippen LogP contribution in [0.25, 0.3) is 0 Å². The van der Waals surface area contributed by atoms with Crippen LogP contribution >= 0.6 is 0 Å². The molecule has 1 aromatic heterocycles. The van der Waals surface area contributed by atoms with Crippen LogP contribution in [0.3, 0.4) is 0 Å². The molecule has 33 heavy (non-hydrogen) atoms. The molecule has 7 heteroatoms. The number of carbonyl (C=O) groups is 1. The first-order chi connectivity index (χ1) is 15.9. The number of hydrogen-bond acceptors (Lipinski definition) is 6. The molecule has 0 spiro atoms. The molecule has 7 nitrogen and oxygen atoms in total. The topological polar surface area (TPSA) is 78.6 Å². The molecule has 2 aromatic rings. The maximum Gasteiger partial charge on any atom is 0.222 e. The van der Waals surface area contributed by atoms with E-state index in [2.05, 4.69) is 45.9 Å². The van der Waals surface area contributed by atoms with Gasteiger partial charge in [0.15, 0.2) is 0 Å². The number of likely N-dealkylation sites (tertiary alicyclic amines) is 1. The summed E-state index contributed by atoms with van der Waals surface area (Å²) in [5.41, 5.74) is 9.37. The Morgan fingerprint density at radius 2 is 1.97 bits per heavy atom. The Kier molecular flexibility index (Phi) is 7.48. The van der Waals surface area contributed by atoms with Crippen molar-refractivity contribution in [1.29, 1.82) is 0 Å². The van der Waals surface area contributed by atoms with Gasteiger partial charge in [0.05, 0.1) is 0 Å². The Balaban J connectivity index is 1.35. The molecular weight excluding hydrogens is 412 g/mol. The number of rotatable bonds is 8. The van der Waals surface area contributed by atoms with E-state index in [0.717, 1.165) is 57.6 Å². The number of nitrogen functional groups attached to an aromatic ring is 1. The summed E-state index contributed by atoms with van der Waals surface area (Å²) in [4.78, 5) is 28.5. The van der Waals surface area contributed by atoms with E-state index in [1.165, 1.54) is 11.3 Å². The Morgan fingerprint density at radius 3 is 2.73 bits per heavy atom. The van der Waals surface area contributed by atoms with Crippen molar-refractivity contribution >= 4 is 17.5 Å². The first-order valence-corrected chi connectivity index (χ1v) is 12.3. The van der Waals surface area contributed by atoms with Crippen molar-refractivity contribution in [2.24, 2.45) is 11.8 Å². The fraction of sp³-hybridized carbons (Fsp3) is 0.577. The lowest BCUT2D eigenvalue weighted by molar-refractivity contribution is -0.131. The van der Waals surface area contributed by atoms with Gasteiger partial charge in [0, 0.05) is 63.8 Å². The highest BCUT2D eigenvalue weighted by Gasteiger charge is 2.40. The number of nitrogens with zero attached hydrogens (tertiary/aromatic N) is 5. The Labute approximate surface area is 198 Å². The lowest BCUT2D eigenvalue weighted by atomic mass is 9.73. The fourth-order valence-corrected chi connectivity index (χ4v) is 5.55. The van der Waals surface area contributed by atoms with E-state index in [1.54, 1.807) is 0 Å². The third-order valence-corrected chi connectivity index (χ3v) is 7.37. The lowest BCUT2D eigenvalue weighted by Crippen LogP contribution is -2.53. The van der Waals surface area contributed by atoms with Crippen molar-refractivity contribution in [3.8, 4) is 0 Å². The van der Waals surface area contributed by atoms with Crippen molar-refractivity contribution in [2.75, 3.05) is 50.9 Å². The summed E-state index contributed by atoms with van der Waals surface area (Å²) in [5.74, 6) is 1.53. The van der Waals surface area contributed by atoms with Crippen molar-refractivity contribution in [2.45, 2.75) is 45.1 Å². The van der Waals surface area contributed by atoms with Gasteiger partial charge in [-0.1, -0.05) is 25.1 Å². The Morgan fingerprint density at radius 1 is 1.18 bits per heavy atom.